The van der Waals surface area contributed by atoms with Gasteiger partial charge in [0.05, 0.1) is 17.6 Å². The zero-order valence-corrected chi connectivity index (χ0v) is 10.3. The summed E-state index contributed by atoms with van der Waals surface area (Å²) in [6, 6.07) is 5.52. The van der Waals surface area contributed by atoms with E-state index in [9.17, 15) is 4.79 Å². The second kappa shape index (κ2) is 4.03. The third-order valence-electron chi connectivity index (χ3n) is 2.77. The van der Waals surface area contributed by atoms with Gasteiger partial charge in [-0.15, -0.1) is 0 Å². The Hall–Kier alpha value is -2.01. The number of benzene rings is 1. The highest BCUT2D eigenvalue weighted by Gasteiger charge is 2.23. The molecule has 0 saturated heterocycles. The van der Waals surface area contributed by atoms with E-state index in [0.717, 1.165) is 11.3 Å². The number of fused-ring (bicyclic) bond motifs is 1. The van der Waals surface area contributed by atoms with Gasteiger partial charge in [-0.25, -0.2) is 4.98 Å². The summed E-state index contributed by atoms with van der Waals surface area (Å²) in [6.45, 7) is 1.71. The number of rotatable bonds is 1. The Labute approximate surface area is 108 Å². The minimum atomic E-state index is -0.468. The fourth-order valence-electron chi connectivity index (χ4n) is 1.82. The van der Waals surface area contributed by atoms with Crippen molar-refractivity contribution in [2.24, 2.45) is 0 Å². The van der Waals surface area contributed by atoms with Crippen LogP contribution in [0.1, 0.15) is 6.92 Å². The van der Waals surface area contributed by atoms with E-state index >= 15 is 0 Å². The van der Waals surface area contributed by atoms with Crippen LogP contribution in [0, 0.1) is 0 Å². The van der Waals surface area contributed by atoms with Gasteiger partial charge in [-0.2, -0.15) is 0 Å². The standard InChI is InChI=1S/C12H10ClN3O2/c1-6-11(17)15-8-4-7(2-3-10(8)18-6)9-5-14-12(13)16-9/h2-6H,1H3,(H,14,16)(H,15,17). The van der Waals surface area contributed by atoms with Crippen LogP contribution < -0.4 is 10.1 Å². The van der Waals surface area contributed by atoms with Gasteiger partial charge in [-0.3, -0.25) is 4.79 Å². The normalized spacial score (nSPS) is 17.9. The Morgan fingerprint density at radius 3 is 3.00 bits per heavy atom. The number of carbonyl (C=O) groups is 1. The molecule has 0 spiro atoms. The van der Waals surface area contributed by atoms with Crippen molar-refractivity contribution < 1.29 is 9.53 Å². The van der Waals surface area contributed by atoms with Crippen LogP contribution in [-0.4, -0.2) is 22.0 Å². The van der Waals surface area contributed by atoms with Crippen LogP contribution in [0.2, 0.25) is 5.28 Å². The summed E-state index contributed by atoms with van der Waals surface area (Å²) < 4.78 is 5.48. The molecule has 0 aliphatic carbocycles. The van der Waals surface area contributed by atoms with Crippen molar-refractivity contribution in [1.29, 1.82) is 0 Å². The van der Waals surface area contributed by atoms with Gasteiger partial charge >= 0.3 is 0 Å². The predicted octanol–water partition coefficient (Wildman–Crippen LogP) is 2.45. The van der Waals surface area contributed by atoms with Crippen LogP contribution >= 0.6 is 11.6 Å². The molecule has 0 saturated carbocycles. The molecule has 1 atom stereocenters. The molecular weight excluding hydrogens is 254 g/mol. The SMILES string of the molecule is CC1Oc2ccc(-c3cnc(Cl)[nH]3)cc2NC1=O. The molecule has 1 aromatic heterocycles. The number of imidazole rings is 1. The maximum atomic E-state index is 11.5. The predicted molar refractivity (Wildman–Crippen MR) is 67.8 cm³/mol. The fraction of sp³-hybridized carbons (Fsp3) is 0.167. The van der Waals surface area contributed by atoms with Crippen LogP contribution in [0.5, 0.6) is 5.75 Å². The molecule has 2 heterocycles. The third kappa shape index (κ3) is 1.82. The first kappa shape index (κ1) is 11.1. The van der Waals surface area contributed by atoms with E-state index in [-0.39, 0.29) is 5.91 Å². The summed E-state index contributed by atoms with van der Waals surface area (Å²) in [6.07, 6.45) is 1.17. The Balaban J connectivity index is 2.01. The second-order valence-corrected chi connectivity index (χ2v) is 4.41. The quantitative estimate of drug-likeness (QED) is 0.830. The average molecular weight is 264 g/mol. The number of nitrogens with zero attached hydrogens (tertiary/aromatic N) is 1. The molecule has 5 nitrogen and oxygen atoms in total. The molecule has 18 heavy (non-hydrogen) atoms. The van der Waals surface area contributed by atoms with E-state index in [1.165, 1.54) is 0 Å². The van der Waals surface area contributed by atoms with E-state index in [4.69, 9.17) is 16.3 Å². The lowest BCUT2D eigenvalue weighted by molar-refractivity contribution is -0.122. The van der Waals surface area contributed by atoms with Crippen molar-refractivity contribution in [3.05, 3.63) is 29.7 Å². The summed E-state index contributed by atoms with van der Waals surface area (Å²) in [7, 11) is 0. The molecule has 1 amide bonds. The highest BCUT2D eigenvalue weighted by molar-refractivity contribution is 6.28. The van der Waals surface area contributed by atoms with Crippen molar-refractivity contribution in [2.45, 2.75) is 13.0 Å². The molecule has 92 valence electrons. The van der Waals surface area contributed by atoms with Crippen molar-refractivity contribution in [3.8, 4) is 17.0 Å². The number of hydrogen-bond donors (Lipinski definition) is 2. The molecule has 1 aliphatic rings. The third-order valence-corrected chi connectivity index (χ3v) is 2.96. The maximum absolute atomic E-state index is 11.5. The molecule has 2 N–H and O–H groups in total. The highest BCUT2D eigenvalue weighted by Crippen LogP contribution is 2.33. The minimum Gasteiger partial charge on any atom is -0.479 e. The number of amides is 1. The maximum Gasteiger partial charge on any atom is 0.265 e. The van der Waals surface area contributed by atoms with E-state index in [0.29, 0.717) is 16.7 Å². The first-order valence-corrected chi connectivity index (χ1v) is 5.84. The largest absolute Gasteiger partial charge is 0.479 e. The van der Waals surface area contributed by atoms with Gasteiger partial charge < -0.3 is 15.0 Å². The van der Waals surface area contributed by atoms with E-state index in [1.54, 1.807) is 13.1 Å². The van der Waals surface area contributed by atoms with Gasteiger partial charge in [-0.05, 0) is 36.7 Å². The van der Waals surface area contributed by atoms with Crippen LogP contribution in [0.4, 0.5) is 5.69 Å². The Morgan fingerprint density at radius 2 is 2.28 bits per heavy atom. The summed E-state index contributed by atoms with van der Waals surface area (Å²) in [5, 5.41) is 3.13. The van der Waals surface area contributed by atoms with Crippen LogP contribution in [-0.2, 0) is 4.79 Å². The molecule has 2 aromatic rings. The Kier molecular flexibility index (Phi) is 2.48. The lowest BCUT2D eigenvalue weighted by Gasteiger charge is -2.23. The highest BCUT2D eigenvalue weighted by atomic mass is 35.5. The van der Waals surface area contributed by atoms with Crippen LogP contribution in [0.15, 0.2) is 24.4 Å². The molecule has 1 aromatic carbocycles. The van der Waals surface area contributed by atoms with Gasteiger partial charge in [0.15, 0.2) is 11.4 Å². The zero-order chi connectivity index (χ0) is 12.7. The van der Waals surface area contributed by atoms with Gasteiger partial charge in [0.25, 0.3) is 5.91 Å². The van der Waals surface area contributed by atoms with Crippen molar-refractivity contribution in [1.82, 2.24) is 9.97 Å². The van der Waals surface area contributed by atoms with Gasteiger partial charge in [0.2, 0.25) is 0 Å². The number of ether oxygens (including phenoxy) is 1. The minimum absolute atomic E-state index is 0.151. The molecule has 1 aliphatic heterocycles. The fourth-order valence-corrected chi connectivity index (χ4v) is 1.97. The number of anilines is 1. The Bertz CT molecular complexity index is 624. The van der Waals surface area contributed by atoms with Crippen LogP contribution in [0.3, 0.4) is 0 Å². The first-order valence-electron chi connectivity index (χ1n) is 5.46. The molecular formula is C12H10ClN3O2. The second-order valence-electron chi connectivity index (χ2n) is 4.05. The number of halogens is 1. The monoisotopic (exact) mass is 263 g/mol. The van der Waals surface area contributed by atoms with E-state index in [1.807, 2.05) is 18.2 Å². The zero-order valence-electron chi connectivity index (χ0n) is 9.53. The molecule has 6 heteroatoms. The van der Waals surface area contributed by atoms with Crippen molar-refractivity contribution >= 4 is 23.2 Å². The van der Waals surface area contributed by atoms with E-state index < -0.39 is 6.10 Å². The smallest absolute Gasteiger partial charge is 0.265 e. The van der Waals surface area contributed by atoms with E-state index in [2.05, 4.69) is 15.3 Å². The summed E-state index contributed by atoms with van der Waals surface area (Å²) in [5.74, 6) is 0.513. The molecule has 0 fully saturated rings. The van der Waals surface area contributed by atoms with Gasteiger partial charge in [-0.1, -0.05) is 0 Å². The topological polar surface area (TPSA) is 67.0 Å². The number of nitrogens with one attached hydrogen (secondary N) is 2. The molecule has 1 unspecified atom stereocenters. The lowest BCUT2D eigenvalue weighted by Crippen LogP contribution is -2.34. The first-order chi connectivity index (χ1) is 8.63. The molecule has 0 bridgehead atoms. The lowest BCUT2D eigenvalue weighted by atomic mass is 10.1. The number of hydrogen-bond acceptors (Lipinski definition) is 3. The van der Waals surface area contributed by atoms with Gasteiger partial charge in [0.1, 0.15) is 5.75 Å². The summed E-state index contributed by atoms with van der Waals surface area (Å²) >= 11 is 5.73. The Morgan fingerprint density at radius 1 is 1.44 bits per heavy atom. The molecule has 0 radical (unpaired) electrons. The number of aromatic nitrogens is 2. The van der Waals surface area contributed by atoms with Crippen molar-refractivity contribution in [2.75, 3.05) is 5.32 Å². The average Bonchev–Trinajstić information content (AvgIpc) is 2.77. The number of aromatic amines is 1. The number of H-pyrrole nitrogens is 1. The molecule has 3 rings (SSSR count). The summed E-state index contributed by atoms with van der Waals surface area (Å²) in [4.78, 5) is 18.4. The van der Waals surface area contributed by atoms with Gasteiger partial charge in [0, 0.05) is 5.56 Å². The summed E-state index contributed by atoms with van der Waals surface area (Å²) in [5.41, 5.74) is 2.32. The van der Waals surface area contributed by atoms with Crippen molar-refractivity contribution in [3.63, 3.8) is 0 Å². The number of carbonyl (C=O) groups excluding carboxylic acids is 1. The van der Waals surface area contributed by atoms with Crippen LogP contribution in [0.25, 0.3) is 11.3 Å².